The largest absolute Gasteiger partial charge is 0.465 e. The maximum absolute atomic E-state index is 11.2. The molecule has 3 heteroatoms. The number of carboxylic acid groups (broad SMARTS) is 1. The molecule has 2 unspecified atom stereocenters. The molecule has 0 saturated carbocycles. The average Bonchev–Trinajstić information content (AvgIpc) is 2.63. The zero-order valence-electron chi connectivity index (χ0n) is 10.5. The molecule has 2 saturated heterocycles. The highest BCUT2D eigenvalue weighted by Crippen LogP contribution is 2.39. The number of hydrogen-bond acceptors (Lipinski definition) is 1. The number of benzene rings is 1. The molecule has 3 nitrogen and oxygen atoms in total. The summed E-state index contributed by atoms with van der Waals surface area (Å²) in [5, 5.41) is 9.22. The minimum absolute atomic E-state index is 0.273. The fraction of sp³-hybridized carbons (Fsp3) is 0.533. The molecule has 1 amide bonds. The van der Waals surface area contributed by atoms with Gasteiger partial charge >= 0.3 is 6.09 Å². The lowest BCUT2D eigenvalue weighted by Gasteiger charge is -2.37. The highest BCUT2D eigenvalue weighted by atomic mass is 16.4. The number of rotatable bonds is 2. The van der Waals surface area contributed by atoms with Gasteiger partial charge in [0.25, 0.3) is 0 Å². The third-order valence-corrected chi connectivity index (χ3v) is 4.42. The van der Waals surface area contributed by atoms with Crippen molar-refractivity contribution in [3.8, 4) is 0 Å². The quantitative estimate of drug-likeness (QED) is 0.869. The maximum Gasteiger partial charge on any atom is 0.407 e. The molecule has 2 aliphatic rings. The molecule has 0 aromatic heterocycles. The molecule has 2 fully saturated rings. The molecule has 18 heavy (non-hydrogen) atoms. The monoisotopic (exact) mass is 245 g/mol. The van der Waals surface area contributed by atoms with Crippen LogP contribution < -0.4 is 0 Å². The second-order valence-corrected chi connectivity index (χ2v) is 5.60. The summed E-state index contributed by atoms with van der Waals surface area (Å²) in [5.41, 5.74) is 1.38. The van der Waals surface area contributed by atoms with Gasteiger partial charge in [-0.1, -0.05) is 30.3 Å². The summed E-state index contributed by atoms with van der Waals surface area (Å²) in [6.07, 6.45) is 4.57. The molecule has 1 N–H and O–H groups in total. The number of nitrogens with zero attached hydrogens (tertiary/aromatic N) is 1. The van der Waals surface area contributed by atoms with Gasteiger partial charge in [0.1, 0.15) is 0 Å². The first-order valence-electron chi connectivity index (χ1n) is 6.79. The van der Waals surface area contributed by atoms with E-state index in [1.165, 1.54) is 5.56 Å². The lowest BCUT2D eigenvalue weighted by molar-refractivity contribution is 0.0850. The van der Waals surface area contributed by atoms with E-state index in [1.54, 1.807) is 4.90 Å². The van der Waals surface area contributed by atoms with Gasteiger partial charge < -0.3 is 10.0 Å². The number of amides is 1. The Morgan fingerprint density at radius 3 is 2.33 bits per heavy atom. The standard InChI is InChI=1S/C15H19NO2/c17-15(18)16-13-6-7-14(16)10-12(9-13)8-11-4-2-1-3-5-11/h1-5,12-14H,6-10H2,(H,17,18)/t12?,13-,14?/m1/s1. The molecule has 0 aliphatic carbocycles. The van der Waals surface area contributed by atoms with Gasteiger partial charge in [0.15, 0.2) is 0 Å². The van der Waals surface area contributed by atoms with Crippen molar-refractivity contribution in [3.05, 3.63) is 35.9 Å². The Kier molecular flexibility index (Phi) is 2.98. The van der Waals surface area contributed by atoms with E-state index in [9.17, 15) is 9.90 Å². The molecule has 3 rings (SSSR count). The number of carbonyl (C=O) groups is 1. The number of piperidine rings is 1. The third kappa shape index (κ3) is 2.09. The average molecular weight is 245 g/mol. The summed E-state index contributed by atoms with van der Waals surface area (Å²) in [4.78, 5) is 12.9. The normalized spacial score (nSPS) is 30.4. The molecule has 96 valence electrons. The van der Waals surface area contributed by atoms with E-state index in [1.807, 2.05) is 6.07 Å². The van der Waals surface area contributed by atoms with E-state index >= 15 is 0 Å². The van der Waals surface area contributed by atoms with Gasteiger partial charge in [0.2, 0.25) is 0 Å². The molecule has 2 aliphatic heterocycles. The summed E-state index contributed by atoms with van der Waals surface area (Å²) in [7, 11) is 0. The maximum atomic E-state index is 11.2. The van der Waals surface area contributed by atoms with E-state index in [4.69, 9.17) is 0 Å². The smallest absolute Gasteiger partial charge is 0.407 e. The zero-order chi connectivity index (χ0) is 12.5. The van der Waals surface area contributed by atoms with E-state index in [2.05, 4.69) is 24.3 Å². The van der Waals surface area contributed by atoms with Crippen molar-refractivity contribution < 1.29 is 9.90 Å². The Bertz CT molecular complexity index is 417. The lowest BCUT2D eigenvalue weighted by atomic mass is 9.86. The molecule has 3 atom stereocenters. The Morgan fingerprint density at radius 1 is 1.17 bits per heavy atom. The highest BCUT2D eigenvalue weighted by Gasteiger charge is 2.43. The Labute approximate surface area is 107 Å². The molecule has 0 spiro atoms. The van der Waals surface area contributed by atoms with Crippen LogP contribution >= 0.6 is 0 Å². The van der Waals surface area contributed by atoms with E-state index in [-0.39, 0.29) is 12.1 Å². The van der Waals surface area contributed by atoms with Crippen molar-refractivity contribution in [2.24, 2.45) is 5.92 Å². The summed E-state index contributed by atoms with van der Waals surface area (Å²) >= 11 is 0. The molecular formula is C15H19NO2. The fourth-order valence-electron chi connectivity index (χ4n) is 3.72. The van der Waals surface area contributed by atoms with Gasteiger partial charge in [-0.15, -0.1) is 0 Å². The van der Waals surface area contributed by atoms with Crippen LogP contribution in [0.4, 0.5) is 4.79 Å². The lowest BCUT2D eigenvalue weighted by Crippen LogP contribution is -2.46. The number of fused-ring (bicyclic) bond motifs is 2. The van der Waals surface area contributed by atoms with Crippen LogP contribution in [0.3, 0.4) is 0 Å². The second-order valence-electron chi connectivity index (χ2n) is 5.60. The summed E-state index contributed by atoms with van der Waals surface area (Å²) < 4.78 is 0. The molecule has 0 radical (unpaired) electrons. The Balaban J connectivity index is 1.67. The van der Waals surface area contributed by atoms with Crippen molar-refractivity contribution in [3.63, 3.8) is 0 Å². The first kappa shape index (κ1) is 11.6. The van der Waals surface area contributed by atoms with Crippen molar-refractivity contribution in [1.29, 1.82) is 0 Å². The van der Waals surface area contributed by atoms with Gasteiger partial charge in [0.05, 0.1) is 0 Å². The van der Waals surface area contributed by atoms with Crippen LogP contribution in [0.1, 0.15) is 31.2 Å². The second kappa shape index (κ2) is 4.63. The molecule has 2 heterocycles. The summed E-state index contributed by atoms with van der Waals surface area (Å²) in [5.74, 6) is 0.653. The van der Waals surface area contributed by atoms with Gasteiger partial charge in [-0.2, -0.15) is 0 Å². The van der Waals surface area contributed by atoms with E-state index < -0.39 is 6.09 Å². The topological polar surface area (TPSA) is 40.5 Å². The van der Waals surface area contributed by atoms with Gasteiger partial charge in [-0.25, -0.2) is 4.79 Å². The molecule has 1 aromatic rings. The van der Waals surface area contributed by atoms with E-state index in [0.29, 0.717) is 5.92 Å². The highest BCUT2D eigenvalue weighted by molar-refractivity contribution is 5.66. The minimum atomic E-state index is -0.722. The predicted molar refractivity (Wildman–Crippen MR) is 69.5 cm³/mol. The van der Waals surface area contributed by atoms with Crippen LogP contribution in [0.2, 0.25) is 0 Å². The van der Waals surface area contributed by atoms with Crippen molar-refractivity contribution in [1.82, 2.24) is 4.90 Å². The van der Waals surface area contributed by atoms with Crippen LogP contribution in [0.5, 0.6) is 0 Å². The third-order valence-electron chi connectivity index (χ3n) is 4.42. The van der Waals surface area contributed by atoms with Crippen LogP contribution in [0.25, 0.3) is 0 Å². The Morgan fingerprint density at radius 2 is 1.78 bits per heavy atom. The molecule has 2 bridgehead atoms. The zero-order valence-corrected chi connectivity index (χ0v) is 10.5. The van der Waals surface area contributed by atoms with Crippen molar-refractivity contribution >= 4 is 6.09 Å². The SMILES string of the molecule is O=C(O)N1C2CC[C@@H]1CC(Cc1ccccc1)C2. The van der Waals surface area contributed by atoms with Crippen molar-refractivity contribution in [2.75, 3.05) is 0 Å². The molecular weight excluding hydrogens is 226 g/mol. The predicted octanol–water partition coefficient (Wildman–Crippen LogP) is 3.15. The Hall–Kier alpha value is -1.51. The van der Waals surface area contributed by atoms with Gasteiger partial charge in [0, 0.05) is 12.1 Å². The van der Waals surface area contributed by atoms with Crippen LogP contribution in [0, 0.1) is 5.92 Å². The molecule has 1 aromatic carbocycles. The van der Waals surface area contributed by atoms with Crippen LogP contribution in [-0.2, 0) is 6.42 Å². The van der Waals surface area contributed by atoms with Gasteiger partial charge in [-0.05, 0) is 43.6 Å². The minimum Gasteiger partial charge on any atom is -0.465 e. The van der Waals surface area contributed by atoms with Crippen LogP contribution in [-0.4, -0.2) is 28.2 Å². The first-order chi connectivity index (χ1) is 8.74. The summed E-state index contributed by atoms with van der Waals surface area (Å²) in [6, 6.07) is 11.1. The van der Waals surface area contributed by atoms with Gasteiger partial charge in [-0.3, -0.25) is 0 Å². The van der Waals surface area contributed by atoms with Crippen molar-refractivity contribution in [2.45, 2.75) is 44.2 Å². The van der Waals surface area contributed by atoms with Crippen LogP contribution in [0.15, 0.2) is 30.3 Å². The fourth-order valence-corrected chi connectivity index (χ4v) is 3.72. The number of hydrogen-bond donors (Lipinski definition) is 1. The van der Waals surface area contributed by atoms with E-state index in [0.717, 1.165) is 32.1 Å². The summed E-state index contributed by atoms with van der Waals surface area (Å²) in [6.45, 7) is 0. The first-order valence-corrected chi connectivity index (χ1v) is 6.79.